The van der Waals surface area contributed by atoms with E-state index in [1.807, 2.05) is 31.2 Å². The van der Waals surface area contributed by atoms with Gasteiger partial charge in [-0.25, -0.2) is 0 Å². The first kappa shape index (κ1) is 13.5. The van der Waals surface area contributed by atoms with Crippen LogP contribution in [0.3, 0.4) is 0 Å². The molecule has 0 radical (unpaired) electrons. The summed E-state index contributed by atoms with van der Waals surface area (Å²) in [6, 6.07) is 7.95. The maximum atomic E-state index is 8.79. The Morgan fingerprint density at radius 1 is 1.11 bits per heavy atom. The summed E-state index contributed by atoms with van der Waals surface area (Å²) in [5.74, 6) is 1.98. The summed E-state index contributed by atoms with van der Waals surface area (Å²) in [5.41, 5.74) is 1.13. The van der Waals surface area contributed by atoms with Crippen LogP contribution in [-0.2, 0) is 19.3 Å². The van der Waals surface area contributed by atoms with E-state index in [2.05, 4.69) is 10.2 Å². The molecule has 0 fully saturated rings. The Balaban J connectivity index is 1.97. The van der Waals surface area contributed by atoms with E-state index in [-0.39, 0.29) is 6.61 Å². The smallest absolute Gasteiger partial charge is 0.218 e. The molecule has 0 aliphatic carbocycles. The molecule has 0 aliphatic rings. The lowest BCUT2D eigenvalue weighted by Gasteiger charge is -2.08. The zero-order chi connectivity index (χ0) is 13.5. The monoisotopic (exact) mass is 262 g/mol. The molecule has 19 heavy (non-hydrogen) atoms. The van der Waals surface area contributed by atoms with Crippen LogP contribution in [0.5, 0.6) is 5.75 Å². The maximum Gasteiger partial charge on any atom is 0.218 e. The van der Waals surface area contributed by atoms with Crippen LogP contribution in [0.2, 0.25) is 0 Å². The van der Waals surface area contributed by atoms with E-state index in [9.17, 15) is 0 Å². The summed E-state index contributed by atoms with van der Waals surface area (Å²) in [4.78, 5) is 0. The predicted octanol–water partition coefficient (Wildman–Crippen LogP) is 1.79. The number of aromatic nitrogens is 2. The first-order chi connectivity index (χ1) is 9.33. The van der Waals surface area contributed by atoms with Gasteiger partial charge in [-0.2, -0.15) is 0 Å². The van der Waals surface area contributed by atoms with Gasteiger partial charge in [0.05, 0.1) is 13.2 Å². The first-order valence-electron chi connectivity index (χ1n) is 6.46. The van der Waals surface area contributed by atoms with E-state index in [1.165, 1.54) is 0 Å². The van der Waals surface area contributed by atoms with Gasteiger partial charge in [-0.15, -0.1) is 10.2 Å². The summed E-state index contributed by atoms with van der Waals surface area (Å²) in [6.07, 6.45) is 1.86. The molecule has 102 valence electrons. The van der Waals surface area contributed by atoms with Crippen molar-refractivity contribution in [2.75, 3.05) is 13.2 Å². The van der Waals surface area contributed by atoms with E-state index in [1.54, 1.807) is 0 Å². The molecule has 0 saturated heterocycles. The highest BCUT2D eigenvalue weighted by Gasteiger charge is 2.08. The Morgan fingerprint density at radius 2 is 1.84 bits per heavy atom. The minimum absolute atomic E-state index is 0.0226. The van der Waals surface area contributed by atoms with Crippen LogP contribution in [0.1, 0.15) is 24.3 Å². The van der Waals surface area contributed by atoms with Crippen molar-refractivity contribution in [1.29, 1.82) is 0 Å². The molecule has 0 amide bonds. The summed E-state index contributed by atoms with van der Waals surface area (Å²) in [6.45, 7) is 2.64. The van der Waals surface area contributed by atoms with Crippen LogP contribution in [0.15, 0.2) is 28.7 Å². The van der Waals surface area contributed by atoms with Crippen molar-refractivity contribution in [3.8, 4) is 5.75 Å². The quantitative estimate of drug-likeness (QED) is 0.824. The number of aliphatic hydroxyl groups is 1. The summed E-state index contributed by atoms with van der Waals surface area (Å²) in [5, 5.41) is 16.6. The van der Waals surface area contributed by atoms with Gasteiger partial charge >= 0.3 is 0 Å². The van der Waals surface area contributed by atoms with Crippen molar-refractivity contribution in [3.63, 3.8) is 0 Å². The van der Waals surface area contributed by atoms with Crippen molar-refractivity contribution in [3.05, 3.63) is 41.6 Å². The molecular weight excluding hydrogens is 244 g/mol. The van der Waals surface area contributed by atoms with Gasteiger partial charge in [-0.1, -0.05) is 18.2 Å². The Hall–Kier alpha value is -1.88. The fraction of sp³-hybridized carbons (Fsp3) is 0.429. The number of benzene rings is 1. The van der Waals surface area contributed by atoms with Crippen LogP contribution in [0, 0.1) is 0 Å². The average Bonchev–Trinajstić information content (AvgIpc) is 2.86. The van der Waals surface area contributed by atoms with Crippen LogP contribution < -0.4 is 4.74 Å². The van der Waals surface area contributed by atoms with Crippen molar-refractivity contribution in [1.82, 2.24) is 10.2 Å². The molecule has 5 heteroatoms. The second kappa shape index (κ2) is 6.89. The zero-order valence-electron chi connectivity index (χ0n) is 11.0. The number of aryl methyl sites for hydroxylation is 2. The number of hydrogen-bond donors (Lipinski definition) is 1. The van der Waals surface area contributed by atoms with Crippen molar-refractivity contribution in [2.45, 2.75) is 26.2 Å². The Labute approximate surface area is 112 Å². The third kappa shape index (κ3) is 3.79. The molecule has 2 aromatic rings. The highest BCUT2D eigenvalue weighted by molar-refractivity contribution is 5.33. The molecule has 0 atom stereocenters. The summed E-state index contributed by atoms with van der Waals surface area (Å²) < 4.78 is 11.0. The fourth-order valence-corrected chi connectivity index (χ4v) is 1.83. The summed E-state index contributed by atoms with van der Waals surface area (Å²) in [7, 11) is 0. The first-order valence-corrected chi connectivity index (χ1v) is 6.46. The van der Waals surface area contributed by atoms with Crippen LogP contribution in [0.4, 0.5) is 0 Å². The highest BCUT2D eigenvalue weighted by Crippen LogP contribution is 2.19. The predicted molar refractivity (Wildman–Crippen MR) is 70.1 cm³/mol. The average molecular weight is 262 g/mol. The van der Waals surface area contributed by atoms with E-state index in [0.29, 0.717) is 31.2 Å². The minimum atomic E-state index is 0.0226. The van der Waals surface area contributed by atoms with Gasteiger partial charge in [0.25, 0.3) is 0 Å². The third-order valence-electron chi connectivity index (χ3n) is 2.72. The molecule has 0 unspecified atom stereocenters. The Kier molecular flexibility index (Phi) is 4.92. The van der Waals surface area contributed by atoms with Gasteiger partial charge in [-0.05, 0) is 25.0 Å². The molecule has 0 saturated carbocycles. The van der Waals surface area contributed by atoms with Crippen molar-refractivity contribution >= 4 is 0 Å². The van der Waals surface area contributed by atoms with Crippen molar-refractivity contribution in [2.24, 2.45) is 0 Å². The van der Waals surface area contributed by atoms with E-state index in [4.69, 9.17) is 14.3 Å². The number of hydrogen-bond acceptors (Lipinski definition) is 5. The van der Waals surface area contributed by atoms with Gasteiger partial charge in [0.1, 0.15) is 5.75 Å². The molecule has 5 nitrogen and oxygen atoms in total. The van der Waals surface area contributed by atoms with Gasteiger partial charge in [0.2, 0.25) is 11.8 Å². The normalized spacial score (nSPS) is 10.6. The largest absolute Gasteiger partial charge is 0.494 e. The number of para-hydroxylation sites is 1. The number of aliphatic hydroxyl groups excluding tert-OH is 1. The number of nitrogens with zero attached hydrogens (tertiary/aromatic N) is 2. The number of rotatable bonds is 7. The molecule has 0 spiro atoms. The molecular formula is C14H18N2O3. The second-order valence-corrected chi connectivity index (χ2v) is 4.10. The maximum absolute atomic E-state index is 8.79. The molecule has 1 aromatic heterocycles. The Bertz CT molecular complexity index is 511. The number of ether oxygens (including phenoxy) is 1. The van der Waals surface area contributed by atoms with Crippen LogP contribution >= 0.6 is 0 Å². The second-order valence-electron chi connectivity index (χ2n) is 4.10. The molecule has 2 rings (SSSR count). The van der Waals surface area contributed by atoms with E-state index >= 15 is 0 Å². The van der Waals surface area contributed by atoms with Crippen LogP contribution in [-0.4, -0.2) is 28.5 Å². The highest BCUT2D eigenvalue weighted by atomic mass is 16.5. The zero-order valence-corrected chi connectivity index (χ0v) is 11.0. The summed E-state index contributed by atoms with van der Waals surface area (Å²) >= 11 is 0. The SMILES string of the molecule is CCOc1ccccc1CCc1nnc(CCO)o1. The molecule has 1 heterocycles. The standard InChI is InChI=1S/C14H18N2O3/c1-2-18-12-6-4-3-5-11(12)7-8-13-15-16-14(19-13)9-10-17/h3-6,17H,2,7-10H2,1H3. The lowest BCUT2D eigenvalue weighted by molar-refractivity contribution is 0.283. The van der Waals surface area contributed by atoms with E-state index in [0.717, 1.165) is 17.7 Å². The lowest BCUT2D eigenvalue weighted by Crippen LogP contribution is -1.98. The lowest BCUT2D eigenvalue weighted by atomic mass is 10.1. The van der Waals surface area contributed by atoms with E-state index < -0.39 is 0 Å². The van der Waals surface area contributed by atoms with Crippen molar-refractivity contribution < 1.29 is 14.3 Å². The fourth-order valence-electron chi connectivity index (χ4n) is 1.83. The molecule has 0 bridgehead atoms. The molecule has 1 aromatic carbocycles. The third-order valence-corrected chi connectivity index (χ3v) is 2.72. The molecule has 1 N–H and O–H groups in total. The topological polar surface area (TPSA) is 68.4 Å². The van der Waals surface area contributed by atoms with Crippen LogP contribution in [0.25, 0.3) is 0 Å². The van der Waals surface area contributed by atoms with Gasteiger partial charge in [0.15, 0.2) is 0 Å². The minimum Gasteiger partial charge on any atom is -0.494 e. The Morgan fingerprint density at radius 3 is 2.58 bits per heavy atom. The van der Waals surface area contributed by atoms with Gasteiger partial charge in [0, 0.05) is 12.8 Å². The molecule has 0 aliphatic heterocycles. The van der Waals surface area contributed by atoms with Gasteiger partial charge in [-0.3, -0.25) is 0 Å². The van der Waals surface area contributed by atoms with Gasteiger partial charge < -0.3 is 14.3 Å².